The van der Waals surface area contributed by atoms with E-state index < -0.39 is 0 Å². The quantitative estimate of drug-likeness (QED) is 0.855. The van der Waals surface area contributed by atoms with E-state index in [1.807, 2.05) is 4.90 Å². The molecule has 4 heteroatoms. The van der Waals surface area contributed by atoms with E-state index >= 15 is 0 Å². The number of aromatic nitrogens is 1. The molecule has 1 atom stereocenters. The zero-order valence-corrected chi connectivity index (χ0v) is 13.1. The molecule has 1 aliphatic heterocycles. The number of piperazine rings is 1. The van der Waals surface area contributed by atoms with Gasteiger partial charge in [-0.05, 0) is 38.1 Å². The molecule has 0 bridgehead atoms. The Balaban J connectivity index is 1.70. The van der Waals surface area contributed by atoms with Crippen LogP contribution >= 0.6 is 0 Å². The molecule has 1 saturated heterocycles. The second-order valence-electron chi connectivity index (χ2n) is 5.87. The zero-order valence-electron chi connectivity index (χ0n) is 13.1. The van der Waals surface area contributed by atoms with E-state index in [9.17, 15) is 4.79 Å². The van der Waals surface area contributed by atoms with Crippen LogP contribution in [0.1, 0.15) is 22.8 Å². The maximum absolute atomic E-state index is 12.5. The molecule has 22 heavy (non-hydrogen) atoms. The van der Waals surface area contributed by atoms with Gasteiger partial charge in [-0.3, -0.25) is 9.78 Å². The summed E-state index contributed by atoms with van der Waals surface area (Å²) in [6.45, 7) is 6.62. The van der Waals surface area contributed by atoms with Gasteiger partial charge in [-0.25, -0.2) is 0 Å². The molecular formula is C18H21N3O. The number of carbonyl (C=O) groups excluding carboxylic acids is 1. The van der Waals surface area contributed by atoms with E-state index in [-0.39, 0.29) is 5.91 Å². The van der Waals surface area contributed by atoms with Gasteiger partial charge in [0.15, 0.2) is 0 Å². The molecule has 1 aromatic heterocycles. The first-order valence-electron chi connectivity index (χ1n) is 7.68. The van der Waals surface area contributed by atoms with Crippen LogP contribution in [0.2, 0.25) is 0 Å². The van der Waals surface area contributed by atoms with Gasteiger partial charge in [0.25, 0.3) is 5.91 Å². The number of amides is 1. The van der Waals surface area contributed by atoms with E-state index in [1.165, 1.54) is 11.3 Å². The third-order valence-electron chi connectivity index (χ3n) is 4.21. The molecule has 0 unspecified atom stereocenters. The number of aryl methyl sites for hydroxylation is 1. The topological polar surface area (TPSA) is 36.4 Å². The van der Waals surface area contributed by atoms with Crippen LogP contribution in [0.25, 0.3) is 0 Å². The Bertz CT molecular complexity index is 639. The SMILES string of the molecule is Cc1ccc(N2CCN(C(=O)c3ccncc3)C[C@H]2C)cc1. The highest BCUT2D eigenvalue weighted by Gasteiger charge is 2.27. The van der Waals surface area contributed by atoms with Crippen LogP contribution in [0.4, 0.5) is 5.69 Å². The number of carbonyl (C=O) groups is 1. The fourth-order valence-electron chi connectivity index (χ4n) is 2.94. The first-order valence-corrected chi connectivity index (χ1v) is 7.68. The first kappa shape index (κ1) is 14.6. The van der Waals surface area contributed by atoms with Gasteiger partial charge in [0.1, 0.15) is 0 Å². The Hall–Kier alpha value is -2.36. The molecule has 1 aromatic carbocycles. The number of hydrogen-bond acceptors (Lipinski definition) is 3. The maximum atomic E-state index is 12.5. The average molecular weight is 295 g/mol. The second-order valence-corrected chi connectivity index (χ2v) is 5.87. The Morgan fingerprint density at radius 1 is 1.09 bits per heavy atom. The highest BCUT2D eigenvalue weighted by molar-refractivity contribution is 5.94. The highest BCUT2D eigenvalue weighted by atomic mass is 16.2. The summed E-state index contributed by atoms with van der Waals surface area (Å²) in [5, 5.41) is 0. The minimum atomic E-state index is 0.0952. The van der Waals surface area contributed by atoms with Crippen molar-refractivity contribution >= 4 is 11.6 Å². The minimum Gasteiger partial charge on any atom is -0.365 e. The third kappa shape index (κ3) is 2.96. The normalized spacial score (nSPS) is 18.4. The van der Waals surface area contributed by atoms with Crippen LogP contribution in [-0.4, -0.2) is 41.5 Å². The van der Waals surface area contributed by atoms with Crippen molar-refractivity contribution < 1.29 is 4.79 Å². The molecule has 1 amide bonds. The van der Waals surface area contributed by atoms with Crippen molar-refractivity contribution in [3.8, 4) is 0 Å². The molecule has 0 N–H and O–H groups in total. The van der Waals surface area contributed by atoms with Gasteiger partial charge in [0.05, 0.1) is 0 Å². The number of rotatable bonds is 2. The Kier molecular flexibility index (Phi) is 4.09. The van der Waals surface area contributed by atoms with Crippen molar-refractivity contribution in [1.29, 1.82) is 0 Å². The molecule has 0 radical (unpaired) electrons. The molecule has 2 aromatic rings. The molecule has 4 nitrogen and oxygen atoms in total. The van der Waals surface area contributed by atoms with Gasteiger partial charge in [-0.2, -0.15) is 0 Å². The first-order chi connectivity index (χ1) is 10.6. The van der Waals surface area contributed by atoms with Crippen molar-refractivity contribution in [1.82, 2.24) is 9.88 Å². The molecule has 0 saturated carbocycles. The van der Waals surface area contributed by atoms with Gasteiger partial charge in [0, 0.05) is 49.3 Å². The molecule has 114 valence electrons. The minimum absolute atomic E-state index is 0.0952. The lowest BCUT2D eigenvalue weighted by atomic mass is 10.1. The fraction of sp³-hybridized carbons (Fsp3) is 0.333. The van der Waals surface area contributed by atoms with E-state index in [0.717, 1.165) is 19.6 Å². The average Bonchev–Trinajstić information content (AvgIpc) is 2.56. The van der Waals surface area contributed by atoms with Crippen LogP contribution in [0.5, 0.6) is 0 Å². The van der Waals surface area contributed by atoms with E-state index in [1.54, 1.807) is 24.5 Å². The van der Waals surface area contributed by atoms with Crippen molar-refractivity contribution in [3.63, 3.8) is 0 Å². The Morgan fingerprint density at radius 3 is 2.41 bits per heavy atom. The highest BCUT2D eigenvalue weighted by Crippen LogP contribution is 2.21. The number of pyridine rings is 1. The van der Waals surface area contributed by atoms with Crippen LogP contribution in [-0.2, 0) is 0 Å². The van der Waals surface area contributed by atoms with Gasteiger partial charge in [-0.15, -0.1) is 0 Å². The summed E-state index contributed by atoms with van der Waals surface area (Å²) in [6, 6.07) is 12.5. The summed E-state index contributed by atoms with van der Waals surface area (Å²) in [6.07, 6.45) is 3.33. The summed E-state index contributed by atoms with van der Waals surface area (Å²) >= 11 is 0. The Labute approximate surface area is 131 Å². The largest absolute Gasteiger partial charge is 0.365 e. The monoisotopic (exact) mass is 295 g/mol. The summed E-state index contributed by atoms with van der Waals surface area (Å²) < 4.78 is 0. The van der Waals surface area contributed by atoms with Crippen LogP contribution in [0, 0.1) is 6.92 Å². The van der Waals surface area contributed by atoms with E-state index in [2.05, 4.69) is 48.0 Å². The fourth-order valence-corrected chi connectivity index (χ4v) is 2.94. The Morgan fingerprint density at radius 2 is 1.77 bits per heavy atom. The lowest BCUT2D eigenvalue weighted by molar-refractivity contribution is 0.0726. The van der Waals surface area contributed by atoms with Gasteiger partial charge in [0.2, 0.25) is 0 Å². The smallest absolute Gasteiger partial charge is 0.254 e. The van der Waals surface area contributed by atoms with Crippen molar-refractivity contribution in [2.45, 2.75) is 19.9 Å². The molecule has 2 heterocycles. The van der Waals surface area contributed by atoms with E-state index in [0.29, 0.717) is 11.6 Å². The number of anilines is 1. The summed E-state index contributed by atoms with van der Waals surface area (Å²) in [7, 11) is 0. The summed E-state index contributed by atoms with van der Waals surface area (Å²) in [5.41, 5.74) is 3.21. The van der Waals surface area contributed by atoms with Crippen LogP contribution in [0.3, 0.4) is 0 Å². The van der Waals surface area contributed by atoms with Gasteiger partial charge < -0.3 is 9.80 Å². The molecule has 3 rings (SSSR count). The predicted molar refractivity (Wildman–Crippen MR) is 88.1 cm³/mol. The lowest BCUT2D eigenvalue weighted by Gasteiger charge is -2.41. The predicted octanol–water partition coefficient (Wildman–Crippen LogP) is 2.74. The van der Waals surface area contributed by atoms with Crippen molar-refractivity contribution in [2.75, 3.05) is 24.5 Å². The van der Waals surface area contributed by atoms with Crippen molar-refractivity contribution in [3.05, 3.63) is 59.9 Å². The van der Waals surface area contributed by atoms with Crippen LogP contribution in [0.15, 0.2) is 48.8 Å². The van der Waals surface area contributed by atoms with Gasteiger partial charge >= 0.3 is 0 Å². The zero-order chi connectivity index (χ0) is 15.5. The summed E-state index contributed by atoms with van der Waals surface area (Å²) in [5.74, 6) is 0.0952. The molecule has 0 spiro atoms. The van der Waals surface area contributed by atoms with Crippen molar-refractivity contribution in [2.24, 2.45) is 0 Å². The van der Waals surface area contributed by atoms with Gasteiger partial charge in [-0.1, -0.05) is 17.7 Å². The number of benzene rings is 1. The lowest BCUT2D eigenvalue weighted by Crippen LogP contribution is -2.53. The number of nitrogens with zero attached hydrogens (tertiary/aromatic N) is 3. The molecule has 1 aliphatic rings. The molecular weight excluding hydrogens is 274 g/mol. The number of hydrogen-bond donors (Lipinski definition) is 0. The maximum Gasteiger partial charge on any atom is 0.254 e. The van der Waals surface area contributed by atoms with E-state index in [4.69, 9.17) is 0 Å². The third-order valence-corrected chi connectivity index (χ3v) is 4.21. The molecule has 0 aliphatic carbocycles. The standard InChI is InChI=1S/C18H21N3O/c1-14-3-5-17(6-4-14)21-12-11-20(13-15(21)2)18(22)16-7-9-19-10-8-16/h3-10,15H,11-13H2,1-2H3/t15-/m1/s1. The second kappa shape index (κ2) is 6.18. The van der Waals surface area contributed by atoms with Crippen LogP contribution < -0.4 is 4.90 Å². The molecule has 1 fully saturated rings. The summed E-state index contributed by atoms with van der Waals surface area (Å²) in [4.78, 5) is 20.8.